The zero-order chi connectivity index (χ0) is 18.5. The molecule has 138 valence electrons. The van der Waals surface area contributed by atoms with E-state index in [0.717, 1.165) is 0 Å². The van der Waals surface area contributed by atoms with Crippen LogP contribution in [0.5, 0.6) is 11.5 Å². The molecule has 0 atom stereocenters. The number of benzene rings is 1. The minimum atomic E-state index is -0.306. The highest BCUT2D eigenvalue weighted by Gasteiger charge is 2.20. The van der Waals surface area contributed by atoms with Crippen molar-refractivity contribution in [2.75, 3.05) is 31.6 Å². The number of amides is 2. The van der Waals surface area contributed by atoms with Crippen molar-refractivity contribution < 1.29 is 23.5 Å². The summed E-state index contributed by atoms with van der Waals surface area (Å²) in [6.07, 6.45) is 1.35. The summed E-state index contributed by atoms with van der Waals surface area (Å²) in [4.78, 5) is 26.2. The first kappa shape index (κ1) is 17.8. The number of fused-ring (bicyclic) bond motifs is 1. The Balaban J connectivity index is 1.63. The van der Waals surface area contributed by atoms with E-state index in [-0.39, 0.29) is 24.9 Å². The summed E-state index contributed by atoms with van der Waals surface area (Å²) in [6.45, 7) is 3.30. The van der Waals surface area contributed by atoms with Crippen LogP contribution in [0.4, 0.5) is 5.69 Å². The number of ether oxygens (including phenoxy) is 2. The van der Waals surface area contributed by atoms with Gasteiger partial charge in [-0.15, -0.1) is 0 Å². The van der Waals surface area contributed by atoms with Crippen LogP contribution in [0, 0.1) is 0 Å². The molecule has 8 heteroatoms. The molecule has 3 rings (SSSR count). The van der Waals surface area contributed by atoms with Gasteiger partial charge in [-0.05, 0) is 25.1 Å². The first-order valence-electron chi connectivity index (χ1n) is 8.37. The zero-order valence-electron chi connectivity index (χ0n) is 14.5. The van der Waals surface area contributed by atoms with Gasteiger partial charge in [0.1, 0.15) is 31.8 Å². The summed E-state index contributed by atoms with van der Waals surface area (Å²) in [6, 6.07) is 6.76. The number of likely N-dealkylation sites (N-methyl/N-ethyl adjacent to an activating group) is 1. The molecule has 2 aromatic rings. The van der Waals surface area contributed by atoms with Crippen LogP contribution in [0.1, 0.15) is 23.0 Å². The lowest BCUT2D eigenvalue weighted by Gasteiger charge is -2.21. The van der Waals surface area contributed by atoms with Crippen LogP contribution in [0.2, 0.25) is 0 Å². The van der Waals surface area contributed by atoms with Crippen LogP contribution in [-0.2, 0) is 11.3 Å². The van der Waals surface area contributed by atoms with E-state index in [1.807, 2.05) is 0 Å². The summed E-state index contributed by atoms with van der Waals surface area (Å²) < 4.78 is 16.1. The van der Waals surface area contributed by atoms with Crippen LogP contribution in [0.15, 0.2) is 34.9 Å². The number of carbonyl (C=O) groups is 2. The van der Waals surface area contributed by atoms with Crippen LogP contribution in [-0.4, -0.2) is 43.0 Å². The fourth-order valence-electron chi connectivity index (χ4n) is 2.60. The molecular formula is C18H21N3O5. The summed E-state index contributed by atoms with van der Waals surface area (Å²) in [7, 11) is 0. The Bertz CT molecular complexity index is 802. The molecule has 0 aliphatic carbocycles. The molecule has 0 saturated carbocycles. The van der Waals surface area contributed by atoms with Crippen molar-refractivity contribution >= 4 is 17.5 Å². The number of nitrogens with zero attached hydrogens (tertiary/aromatic N) is 1. The highest BCUT2D eigenvalue weighted by Crippen LogP contribution is 2.32. The number of hydrogen-bond acceptors (Lipinski definition) is 6. The standard InChI is InChI=1S/C18H21N3O5/c1-2-21(18(23)12-7-14(9-19)26-11-12)10-17(22)20-13-3-4-15-16(8-13)25-6-5-24-15/h3-4,7-8,11H,2,5-6,9-10,19H2,1H3,(H,20,22). The normalized spacial score (nSPS) is 12.5. The predicted octanol–water partition coefficient (Wildman–Crippen LogP) is 1.61. The quantitative estimate of drug-likeness (QED) is 0.811. The van der Waals surface area contributed by atoms with Crippen LogP contribution in [0.3, 0.4) is 0 Å². The molecular weight excluding hydrogens is 338 g/mol. The number of hydrogen-bond donors (Lipinski definition) is 2. The zero-order valence-corrected chi connectivity index (χ0v) is 14.5. The third kappa shape index (κ3) is 3.97. The molecule has 1 aliphatic heterocycles. The van der Waals surface area contributed by atoms with Gasteiger partial charge < -0.3 is 29.8 Å². The van der Waals surface area contributed by atoms with E-state index in [9.17, 15) is 9.59 Å². The maximum Gasteiger partial charge on any atom is 0.257 e. The minimum Gasteiger partial charge on any atom is -0.486 e. The molecule has 0 radical (unpaired) electrons. The molecule has 0 spiro atoms. The van der Waals surface area contributed by atoms with E-state index in [4.69, 9.17) is 19.6 Å². The molecule has 2 amide bonds. The maximum atomic E-state index is 12.5. The van der Waals surface area contributed by atoms with E-state index in [0.29, 0.717) is 48.3 Å². The molecule has 0 bridgehead atoms. The second-order valence-corrected chi connectivity index (χ2v) is 5.73. The van der Waals surface area contributed by atoms with Crippen molar-refractivity contribution in [1.82, 2.24) is 4.90 Å². The van der Waals surface area contributed by atoms with Gasteiger partial charge in [-0.25, -0.2) is 0 Å². The number of nitrogens with two attached hydrogens (primary N) is 1. The molecule has 0 fully saturated rings. The smallest absolute Gasteiger partial charge is 0.257 e. The second kappa shape index (κ2) is 7.92. The molecule has 0 saturated heterocycles. The Kier molecular flexibility index (Phi) is 5.43. The average Bonchev–Trinajstić information content (AvgIpc) is 3.14. The number of rotatable bonds is 6. The Morgan fingerprint density at radius 1 is 1.19 bits per heavy atom. The Labute approximate surface area is 150 Å². The van der Waals surface area contributed by atoms with Gasteiger partial charge in [0.25, 0.3) is 5.91 Å². The third-order valence-electron chi connectivity index (χ3n) is 3.93. The predicted molar refractivity (Wildman–Crippen MR) is 94.2 cm³/mol. The van der Waals surface area contributed by atoms with Crippen LogP contribution in [0.25, 0.3) is 0 Å². The van der Waals surface area contributed by atoms with E-state index in [1.165, 1.54) is 11.2 Å². The van der Waals surface area contributed by atoms with Crippen molar-refractivity contribution in [1.29, 1.82) is 0 Å². The minimum absolute atomic E-state index is 0.0765. The van der Waals surface area contributed by atoms with E-state index in [2.05, 4.69) is 5.32 Å². The molecule has 3 N–H and O–H groups in total. The molecule has 1 aromatic heterocycles. The van der Waals surface area contributed by atoms with Gasteiger partial charge in [-0.3, -0.25) is 9.59 Å². The van der Waals surface area contributed by atoms with Gasteiger partial charge in [0.15, 0.2) is 11.5 Å². The first-order chi connectivity index (χ1) is 12.6. The average molecular weight is 359 g/mol. The third-order valence-corrected chi connectivity index (χ3v) is 3.93. The summed E-state index contributed by atoms with van der Waals surface area (Å²) in [5.41, 5.74) is 6.44. The van der Waals surface area contributed by atoms with Gasteiger partial charge in [-0.1, -0.05) is 0 Å². The van der Waals surface area contributed by atoms with Crippen molar-refractivity contribution in [3.8, 4) is 11.5 Å². The van der Waals surface area contributed by atoms with Crippen LogP contribution >= 0.6 is 0 Å². The maximum absolute atomic E-state index is 12.5. The lowest BCUT2D eigenvalue weighted by molar-refractivity contribution is -0.116. The molecule has 26 heavy (non-hydrogen) atoms. The largest absolute Gasteiger partial charge is 0.486 e. The summed E-state index contributed by atoms with van der Waals surface area (Å²) >= 11 is 0. The van der Waals surface area contributed by atoms with E-state index in [1.54, 1.807) is 31.2 Å². The fourth-order valence-corrected chi connectivity index (χ4v) is 2.60. The Morgan fingerprint density at radius 3 is 2.65 bits per heavy atom. The fraction of sp³-hybridized carbons (Fsp3) is 0.333. The summed E-state index contributed by atoms with van der Waals surface area (Å²) in [5.74, 6) is 1.17. The van der Waals surface area contributed by atoms with E-state index < -0.39 is 0 Å². The number of carbonyl (C=O) groups excluding carboxylic acids is 2. The first-order valence-corrected chi connectivity index (χ1v) is 8.37. The van der Waals surface area contributed by atoms with Crippen molar-refractivity contribution in [2.45, 2.75) is 13.5 Å². The highest BCUT2D eigenvalue weighted by molar-refractivity contribution is 5.99. The highest BCUT2D eigenvalue weighted by atomic mass is 16.6. The monoisotopic (exact) mass is 359 g/mol. The molecule has 1 aromatic carbocycles. The molecule has 0 unspecified atom stereocenters. The second-order valence-electron chi connectivity index (χ2n) is 5.73. The van der Waals surface area contributed by atoms with Gasteiger partial charge in [0, 0.05) is 18.3 Å². The van der Waals surface area contributed by atoms with Gasteiger partial charge >= 0.3 is 0 Å². The van der Waals surface area contributed by atoms with Crippen molar-refractivity contribution in [2.24, 2.45) is 5.73 Å². The number of nitrogens with one attached hydrogen (secondary N) is 1. The lowest BCUT2D eigenvalue weighted by atomic mass is 10.2. The van der Waals surface area contributed by atoms with Crippen molar-refractivity contribution in [3.05, 3.63) is 41.9 Å². The van der Waals surface area contributed by atoms with Crippen molar-refractivity contribution in [3.63, 3.8) is 0 Å². The van der Waals surface area contributed by atoms with E-state index >= 15 is 0 Å². The number of anilines is 1. The molecule has 1 aliphatic rings. The SMILES string of the molecule is CCN(CC(=O)Nc1ccc2c(c1)OCCO2)C(=O)c1coc(CN)c1. The summed E-state index contributed by atoms with van der Waals surface area (Å²) in [5, 5.41) is 2.77. The van der Waals surface area contributed by atoms with Crippen LogP contribution < -0.4 is 20.5 Å². The van der Waals surface area contributed by atoms with Gasteiger partial charge in [0.2, 0.25) is 5.91 Å². The van der Waals surface area contributed by atoms with Gasteiger partial charge in [0.05, 0.1) is 12.1 Å². The topological polar surface area (TPSA) is 107 Å². The molecule has 8 nitrogen and oxygen atoms in total. The Hall–Kier alpha value is -3.00. The lowest BCUT2D eigenvalue weighted by Crippen LogP contribution is -2.37. The molecule has 2 heterocycles. The Morgan fingerprint density at radius 2 is 1.96 bits per heavy atom. The van der Waals surface area contributed by atoms with Gasteiger partial charge in [-0.2, -0.15) is 0 Å². The number of furan rings is 1.